The molecule has 19 heavy (non-hydrogen) atoms. The van der Waals surface area contributed by atoms with Gasteiger partial charge in [0.05, 0.1) is 0 Å². The van der Waals surface area contributed by atoms with Crippen molar-refractivity contribution >= 4 is 11.6 Å². The standard InChI is InChI=1S/C17H28ClN/c1-3-5-13-19(14-6-4-2)15-7-8-16-9-11-17(18)12-10-16/h9-12H,3-8,13-15H2,1-2H3. The molecule has 0 atom stereocenters. The van der Waals surface area contributed by atoms with E-state index in [0.717, 1.165) is 11.4 Å². The van der Waals surface area contributed by atoms with Crippen LogP contribution in [0.3, 0.4) is 0 Å². The molecule has 108 valence electrons. The normalized spacial score (nSPS) is 11.2. The van der Waals surface area contributed by atoms with Gasteiger partial charge in [0.1, 0.15) is 0 Å². The van der Waals surface area contributed by atoms with Gasteiger partial charge in [0.25, 0.3) is 0 Å². The Kier molecular flexibility index (Phi) is 8.94. The third kappa shape index (κ3) is 7.59. The van der Waals surface area contributed by atoms with Gasteiger partial charge in [-0.05, 0) is 63.0 Å². The molecule has 1 nitrogen and oxygen atoms in total. The minimum atomic E-state index is 0.830. The summed E-state index contributed by atoms with van der Waals surface area (Å²) in [6.07, 6.45) is 7.63. The zero-order chi connectivity index (χ0) is 13.9. The molecule has 0 aliphatic heterocycles. The fourth-order valence-corrected chi connectivity index (χ4v) is 2.38. The summed E-state index contributed by atoms with van der Waals surface area (Å²) in [5, 5.41) is 0.830. The third-order valence-electron chi connectivity index (χ3n) is 3.51. The fraction of sp³-hybridized carbons (Fsp3) is 0.647. The van der Waals surface area contributed by atoms with E-state index in [1.165, 1.54) is 57.3 Å². The Balaban J connectivity index is 2.27. The number of nitrogens with zero attached hydrogens (tertiary/aromatic N) is 1. The van der Waals surface area contributed by atoms with Gasteiger partial charge >= 0.3 is 0 Å². The van der Waals surface area contributed by atoms with Crippen molar-refractivity contribution in [2.75, 3.05) is 19.6 Å². The highest BCUT2D eigenvalue weighted by atomic mass is 35.5. The summed E-state index contributed by atoms with van der Waals surface area (Å²) in [5.74, 6) is 0. The number of rotatable bonds is 10. The molecule has 0 heterocycles. The minimum Gasteiger partial charge on any atom is -0.303 e. The largest absolute Gasteiger partial charge is 0.303 e. The van der Waals surface area contributed by atoms with E-state index in [2.05, 4.69) is 30.9 Å². The molecule has 0 fully saturated rings. The van der Waals surface area contributed by atoms with Crippen molar-refractivity contribution in [2.24, 2.45) is 0 Å². The van der Waals surface area contributed by atoms with Gasteiger partial charge in [0.15, 0.2) is 0 Å². The van der Waals surface area contributed by atoms with Gasteiger partial charge in [-0.2, -0.15) is 0 Å². The smallest absolute Gasteiger partial charge is 0.0406 e. The monoisotopic (exact) mass is 281 g/mol. The molecule has 0 amide bonds. The molecule has 0 saturated heterocycles. The van der Waals surface area contributed by atoms with Crippen molar-refractivity contribution in [1.82, 2.24) is 4.90 Å². The van der Waals surface area contributed by atoms with Crippen molar-refractivity contribution in [1.29, 1.82) is 0 Å². The van der Waals surface area contributed by atoms with Crippen LogP contribution in [-0.2, 0) is 6.42 Å². The van der Waals surface area contributed by atoms with E-state index >= 15 is 0 Å². The average molecular weight is 282 g/mol. The Bertz CT molecular complexity index is 313. The van der Waals surface area contributed by atoms with E-state index in [9.17, 15) is 0 Å². The number of halogens is 1. The second kappa shape index (κ2) is 10.3. The van der Waals surface area contributed by atoms with Crippen LogP contribution < -0.4 is 0 Å². The molecule has 0 aliphatic carbocycles. The summed E-state index contributed by atoms with van der Waals surface area (Å²) >= 11 is 5.90. The molecule has 1 aromatic carbocycles. The van der Waals surface area contributed by atoms with E-state index < -0.39 is 0 Å². The number of unbranched alkanes of at least 4 members (excludes halogenated alkanes) is 2. The van der Waals surface area contributed by atoms with Crippen LogP contribution in [0, 0.1) is 0 Å². The minimum absolute atomic E-state index is 0.830. The quantitative estimate of drug-likeness (QED) is 0.571. The van der Waals surface area contributed by atoms with Gasteiger partial charge in [-0.15, -0.1) is 0 Å². The van der Waals surface area contributed by atoms with E-state index in [-0.39, 0.29) is 0 Å². The highest BCUT2D eigenvalue weighted by molar-refractivity contribution is 6.30. The summed E-state index contributed by atoms with van der Waals surface area (Å²) < 4.78 is 0. The molecule has 2 heteroatoms. The predicted octanol–water partition coefficient (Wildman–Crippen LogP) is 5.17. The van der Waals surface area contributed by atoms with Crippen molar-refractivity contribution < 1.29 is 0 Å². The molecule has 0 radical (unpaired) electrons. The average Bonchev–Trinajstić information content (AvgIpc) is 2.43. The van der Waals surface area contributed by atoms with E-state index in [0.29, 0.717) is 0 Å². The van der Waals surface area contributed by atoms with Crippen LogP contribution in [0.5, 0.6) is 0 Å². The molecule has 1 rings (SSSR count). The molecular weight excluding hydrogens is 254 g/mol. The predicted molar refractivity (Wildman–Crippen MR) is 86.0 cm³/mol. The number of benzene rings is 1. The Labute approximate surface area is 124 Å². The second-order valence-electron chi connectivity index (χ2n) is 5.28. The van der Waals surface area contributed by atoms with Gasteiger partial charge in [-0.25, -0.2) is 0 Å². The van der Waals surface area contributed by atoms with Crippen LogP contribution in [0.2, 0.25) is 5.02 Å². The Morgan fingerprint density at radius 2 is 1.37 bits per heavy atom. The van der Waals surface area contributed by atoms with Crippen LogP contribution >= 0.6 is 11.6 Å². The van der Waals surface area contributed by atoms with Gasteiger partial charge in [-0.1, -0.05) is 50.4 Å². The molecule has 0 saturated carbocycles. The third-order valence-corrected chi connectivity index (χ3v) is 3.76. The van der Waals surface area contributed by atoms with Crippen molar-refractivity contribution in [3.8, 4) is 0 Å². The van der Waals surface area contributed by atoms with E-state index in [1.54, 1.807) is 0 Å². The molecule has 0 N–H and O–H groups in total. The molecule has 0 unspecified atom stereocenters. The van der Waals surface area contributed by atoms with Crippen LogP contribution in [0.4, 0.5) is 0 Å². The maximum absolute atomic E-state index is 5.90. The maximum Gasteiger partial charge on any atom is 0.0406 e. The van der Waals surface area contributed by atoms with E-state index in [4.69, 9.17) is 11.6 Å². The molecular formula is C17H28ClN. The molecule has 0 bridgehead atoms. The lowest BCUT2D eigenvalue weighted by molar-refractivity contribution is 0.262. The first-order valence-corrected chi connectivity index (χ1v) is 8.10. The zero-order valence-corrected chi connectivity index (χ0v) is 13.3. The van der Waals surface area contributed by atoms with Crippen LogP contribution in [-0.4, -0.2) is 24.5 Å². The highest BCUT2D eigenvalue weighted by Gasteiger charge is 2.03. The van der Waals surface area contributed by atoms with Crippen LogP contribution in [0.25, 0.3) is 0 Å². The first-order chi connectivity index (χ1) is 9.26. The van der Waals surface area contributed by atoms with Gasteiger partial charge in [-0.3, -0.25) is 0 Å². The van der Waals surface area contributed by atoms with Gasteiger partial charge < -0.3 is 4.90 Å². The number of hydrogen-bond donors (Lipinski definition) is 0. The Hall–Kier alpha value is -0.530. The fourth-order valence-electron chi connectivity index (χ4n) is 2.26. The summed E-state index contributed by atoms with van der Waals surface area (Å²) in [7, 11) is 0. The summed E-state index contributed by atoms with van der Waals surface area (Å²) in [6.45, 7) is 8.29. The Morgan fingerprint density at radius 3 is 1.89 bits per heavy atom. The molecule has 1 aromatic rings. The second-order valence-corrected chi connectivity index (χ2v) is 5.72. The first kappa shape index (κ1) is 16.5. The summed E-state index contributed by atoms with van der Waals surface area (Å²) in [5.41, 5.74) is 1.40. The lowest BCUT2D eigenvalue weighted by Gasteiger charge is -2.21. The molecule has 0 spiro atoms. The van der Waals surface area contributed by atoms with Crippen molar-refractivity contribution in [2.45, 2.75) is 52.4 Å². The maximum atomic E-state index is 5.90. The summed E-state index contributed by atoms with van der Waals surface area (Å²) in [6, 6.07) is 8.27. The SMILES string of the molecule is CCCCN(CCCC)CCCc1ccc(Cl)cc1. The first-order valence-electron chi connectivity index (χ1n) is 7.73. The lowest BCUT2D eigenvalue weighted by Crippen LogP contribution is -2.27. The highest BCUT2D eigenvalue weighted by Crippen LogP contribution is 2.11. The van der Waals surface area contributed by atoms with Gasteiger partial charge in [0.2, 0.25) is 0 Å². The van der Waals surface area contributed by atoms with Gasteiger partial charge in [0, 0.05) is 5.02 Å². The zero-order valence-electron chi connectivity index (χ0n) is 12.5. The van der Waals surface area contributed by atoms with Crippen LogP contribution in [0.15, 0.2) is 24.3 Å². The molecule has 0 aromatic heterocycles. The summed E-state index contributed by atoms with van der Waals surface area (Å²) in [4.78, 5) is 2.63. The Morgan fingerprint density at radius 1 is 0.842 bits per heavy atom. The topological polar surface area (TPSA) is 3.24 Å². The number of hydrogen-bond acceptors (Lipinski definition) is 1. The van der Waals surface area contributed by atoms with E-state index in [1.807, 2.05) is 12.1 Å². The van der Waals surface area contributed by atoms with Crippen LogP contribution in [0.1, 0.15) is 51.5 Å². The van der Waals surface area contributed by atoms with Crippen molar-refractivity contribution in [3.05, 3.63) is 34.9 Å². The lowest BCUT2D eigenvalue weighted by atomic mass is 10.1. The molecule has 0 aliphatic rings. The van der Waals surface area contributed by atoms with Crippen molar-refractivity contribution in [3.63, 3.8) is 0 Å². The number of aryl methyl sites for hydroxylation is 1.